The van der Waals surface area contributed by atoms with E-state index in [1.807, 2.05) is 0 Å². The predicted molar refractivity (Wildman–Crippen MR) is 112 cm³/mol. The van der Waals surface area contributed by atoms with Crippen LogP contribution in [0, 0.1) is 19.8 Å². The van der Waals surface area contributed by atoms with Crippen LogP contribution in [-0.4, -0.2) is 13.1 Å². The van der Waals surface area contributed by atoms with Crippen molar-refractivity contribution in [1.82, 2.24) is 0 Å². The molecule has 3 unspecified atom stereocenters. The molecule has 0 aromatic heterocycles. The lowest BCUT2D eigenvalue weighted by atomic mass is 9.76. The first-order valence-electron chi connectivity index (χ1n) is 10.0. The van der Waals surface area contributed by atoms with Crippen LogP contribution < -0.4 is 10.2 Å². The van der Waals surface area contributed by atoms with E-state index in [2.05, 4.69) is 86.5 Å². The van der Waals surface area contributed by atoms with E-state index in [4.69, 9.17) is 0 Å². The molecule has 136 valence electrons. The molecular weight excluding hydrogens is 316 g/mol. The lowest BCUT2D eigenvalue weighted by Gasteiger charge is -2.38. The van der Waals surface area contributed by atoms with Crippen LogP contribution in [0.3, 0.4) is 0 Å². The third kappa shape index (κ3) is 2.82. The lowest BCUT2D eigenvalue weighted by Crippen LogP contribution is -2.29. The Morgan fingerprint density at radius 1 is 1.04 bits per heavy atom. The smallest absolute Gasteiger partial charge is 0.0554 e. The maximum atomic E-state index is 3.90. The van der Waals surface area contributed by atoms with E-state index in [1.165, 1.54) is 33.6 Å². The molecule has 1 aliphatic heterocycles. The summed E-state index contributed by atoms with van der Waals surface area (Å²) in [5.41, 5.74) is 8.29. The van der Waals surface area contributed by atoms with Crippen molar-refractivity contribution < 1.29 is 0 Å². The lowest BCUT2D eigenvalue weighted by molar-refractivity contribution is 0.425. The highest BCUT2D eigenvalue weighted by Crippen LogP contribution is 2.50. The molecule has 0 spiro atoms. The molecule has 0 bridgehead atoms. The van der Waals surface area contributed by atoms with E-state index in [0.717, 1.165) is 19.5 Å². The Balaban J connectivity index is 1.69. The normalized spacial score (nSPS) is 23.3. The standard InChI is InChI=1S/C24H30N2/c1-5-26(6-2)19-12-10-18(11-13-19)24-21-9-7-8-20(21)22-15-16(3)14-17(4)23(22)25-24/h7-8,10-15,20-21,24-25H,5-6,9H2,1-4H3. The quantitative estimate of drug-likeness (QED) is 0.685. The molecule has 2 heteroatoms. The van der Waals surface area contributed by atoms with Gasteiger partial charge in [0.15, 0.2) is 0 Å². The summed E-state index contributed by atoms with van der Waals surface area (Å²) >= 11 is 0. The van der Waals surface area contributed by atoms with Crippen molar-refractivity contribution >= 4 is 11.4 Å². The van der Waals surface area contributed by atoms with Crippen LogP contribution in [0.1, 0.15) is 54.5 Å². The number of nitrogens with zero attached hydrogens (tertiary/aromatic N) is 1. The highest BCUT2D eigenvalue weighted by atomic mass is 15.1. The fourth-order valence-corrected chi connectivity index (χ4v) is 4.88. The monoisotopic (exact) mass is 346 g/mol. The zero-order valence-electron chi connectivity index (χ0n) is 16.4. The van der Waals surface area contributed by atoms with Gasteiger partial charge in [0, 0.05) is 30.4 Å². The summed E-state index contributed by atoms with van der Waals surface area (Å²) in [4.78, 5) is 2.40. The van der Waals surface area contributed by atoms with Gasteiger partial charge in [-0.1, -0.05) is 42.0 Å². The summed E-state index contributed by atoms with van der Waals surface area (Å²) in [6, 6.07) is 14.3. The Morgan fingerprint density at radius 3 is 2.46 bits per heavy atom. The van der Waals surface area contributed by atoms with Crippen LogP contribution in [0.5, 0.6) is 0 Å². The molecule has 1 N–H and O–H groups in total. The highest BCUT2D eigenvalue weighted by molar-refractivity contribution is 5.65. The first-order chi connectivity index (χ1) is 12.6. The summed E-state index contributed by atoms with van der Waals surface area (Å²) in [6.07, 6.45) is 5.97. The Morgan fingerprint density at radius 2 is 1.77 bits per heavy atom. The SMILES string of the molecule is CCN(CC)c1ccc(C2Nc3c(C)cc(C)cc3C3C=CCC32)cc1. The average Bonchev–Trinajstić information content (AvgIpc) is 3.13. The van der Waals surface area contributed by atoms with Gasteiger partial charge in [-0.05, 0) is 68.9 Å². The van der Waals surface area contributed by atoms with Crippen molar-refractivity contribution in [3.8, 4) is 0 Å². The minimum Gasteiger partial charge on any atom is -0.377 e. The van der Waals surface area contributed by atoms with E-state index < -0.39 is 0 Å². The molecule has 1 aliphatic carbocycles. The van der Waals surface area contributed by atoms with Crippen molar-refractivity contribution in [2.24, 2.45) is 5.92 Å². The summed E-state index contributed by atoms with van der Waals surface area (Å²) in [5, 5.41) is 3.90. The average molecular weight is 347 g/mol. The molecule has 2 aromatic carbocycles. The molecule has 2 aliphatic rings. The Labute approximate surface area is 157 Å². The van der Waals surface area contributed by atoms with Crippen LogP contribution in [0.4, 0.5) is 11.4 Å². The molecule has 26 heavy (non-hydrogen) atoms. The molecular formula is C24H30N2. The second kappa shape index (κ2) is 6.83. The number of rotatable bonds is 4. The van der Waals surface area contributed by atoms with Crippen LogP contribution in [0.15, 0.2) is 48.6 Å². The van der Waals surface area contributed by atoms with Crippen LogP contribution in [0.25, 0.3) is 0 Å². The third-order valence-electron chi connectivity index (χ3n) is 6.19. The Bertz CT molecular complexity index is 815. The van der Waals surface area contributed by atoms with E-state index in [1.54, 1.807) is 0 Å². The van der Waals surface area contributed by atoms with Gasteiger partial charge in [-0.2, -0.15) is 0 Å². The minimum absolute atomic E-state index is 0.384. The van der Waals surface area contributed by atoms with Crippen LogP contribution >= 0.6 is 0 Å². The molecule has 0 fully saturated rings. The molecule has 0 saturated heterocycles. The predicted octanol–water partition coefficient (Wildman–Crippen LogP) is 5.98. The van der Waals surface area contributed by atoms with E-state index >= 15 is 0 Å². The molecule has 2 nitrogen and oxygen atoms in total. The molecule has 1 heterocycles. The fourth-order valence-electron chi connectivity index (χ4n) is 4.88. The second-order valence-electron chi connectivity index (χ2n) is 7.79. The summed E-state index contributed by atoms with van der Waals surface area (Å²) in [7, 11) is 0. The van der Waals surface area contributed by atoms with Gasteiger partial charge in [0.05, 0.1) is 6.04 Å². The van der Waals surface area contributed by atoms with E-state index in [9.17, 15) is 0 Å². The van der Waals surface area contributed by atoms with Crippen LogP contribution in [-0.2, 0) is 0 Å². The maximum Gasteiger partial charge on any atom is 0.0554 e. The summed E-state index contributed by atoms with van der Waals surface area (Å²) in [6.45, 7) is 11.0. The van der Waals surface area contributed by atoms with Gasteiger partial charge >= 0.3 is 0 Å². The van der Waals surface area contributed by atoms with Gasteiger partial charge < -0.3 is 10.2 Å². The molecule has 0 radical (unpaired) electrons. The van der Waals surface area contributed by atoms with Gasteiger partial charge in [-0.15, -0.1) is 0 Å². The number of hydrogen-bond donors (Lipinski definition) is 1. The second-order valence-corrected chi connectivity index (χ2v) is 7.79. The molecule has 3 atom stereocenters. The highest BCUT2D eigenvalue weighted by Gasteiger charge is 2.38. The maximum absolute atomic E-state index is 3.90. The number of allylic oxidation sites excluding steroid dienone is 2. The third-order valence-corrected chi connectivity index (χ3v) is 6.19. The summed E-state index contributed by atoms with van der Waals surface area (Å²) < 4.78 is 0. The van der Waals surface area contributed by atoms with Gasteiger partial charge in [-0.25, -0.2) is 0 Å². The first-order valence-corrected chi connectivity index (χ1v) is 10.0. The van der Waals surface area contributed by atoms with Gasteiger partial charge in [0.2, 0.25) is 0 Å². The zero-order valence-corrected chi connectivity index (χ0v) is 16.4. The summed E-state index contributed by atoms with van der Waals surface area (Å²) in [5.74, 6) is 1.15. The Hall–Kier alpha value is -2.22. The van der Waals surface area contributed by atoms with E-state index in [0.29, 0.717) is 17.9 Å². The minimum atomic E-state index is 0.384. The zero-order chi connectivity index (χ0) is 18.3. The number of nitrogens with one attached hydrogen (secondary N) is 1. The number of aryl methyl sites for hydroxylation is 2. The largest absolute Gasteiger partial charge is 0.377 e. The van der Waals surface area contributed by atoms with Crippen molar-refractivity contribution in [2.75, 3.05) is 23.3 Å². The first kappa shape index (κ1) is 17.2. The van der Waals surface area contributed by atoms with Crippen molar-refractivity contribution in [2.45, 2.75) is 46.1 Å². The van der Waals surface area contributed by atoms with E-state index in [-0.39, 0.29) is 0 Å². The van der Waals surface area contributed by atoms with Gasteiger partial charge in [0.25, 0.3) is 0 Å². The number of fused-ring (bicyclic) bond motifs is 3. The number of hydrogen-bond acceptors (Lipinski definition) is 2. The van der Waals surface area contributed by atoms with Crippen LogP contribution in [0.2, 0.25) is 0 Å². The molecule has 4 rings (SSSR count). The number of anilines is 2. The molecule has 2 aromatic rings. The molecule has 0 amide bonds. The van der Waals surface area contributed by atoms with Crippen molar-refractivity contribution in [3.05, 3.63) is 70.8 Å². The van der Waals surface area contributed by atoms with Crippen molar-refractivity contribution in [1.29, 1.82) is 0 Å². The Kier molecular flexibility index (Phi) is 4.52. The topological polar surface area (TPSA) is 15.3 Å². The van der Waals surface area contributed by atoms with Gasteiger partial charge in [-0.3, -0.25) is 0 Å². The number of benzene rings is 2. The fraction of sp³-hybridized carbons (Fsp3) is 0.417. The van der Waals surface area contributed by atoms with Crippen molar-refractivity contribution in [3.63, 3.8) is 0 Å². The van der Waals surface area contributed by atoms with Gasteiger partial charge in [0.1, 0.15) is 0 Å². The molecule has 0 saturated carbocycles.